The molecule has 0 atom stereocenters. The number of nitrogens with two attached hydrogens (primary N) is 1. The normalized spacial score (nSPS) is 10.5. The Morgan fingerprint density at radius 1 is 1.35 bits per heavy atom. The summed E-state index contributed by atoms with van der Waals surface area (Å²) in [5.41, 5.74) is 9.04. The van der Waals surface area contributed by atoms with Crippen LogP contribution in [0.25, 0.3) is 0 Å². The molecular formula is C13H17N3S. The molecule has 0 spiro atoms. The Labute approximate surface area is 106 Å². The summed E-state index contributed by atoms with van der Waals surface area (Å²) in [5, 5.41) is 3.14. The fraction of sp³-hybridized carbons (Fsp3) is 0.308. The molecule has 0 unspecified atom stereocenters. The first-order valence-electron chi connectivity index (χ1n) is 5.71. The maximum atomic E-state index is 5.96. The van der Waals surface area contributed by atoms with E-state index >= 15 is 0 Å². The number of benzene rings is 1. The number of hydrogen-bond donors (Lipinski definition) is 1. The lowest BCUT2D eigenvalue weighted by Gasteiger charge is -2.20. The van der Waals surface area contributed by atoms with Crippen LogP contribution in [0, 0.1) is 6.92 Å². The molecule has 0 saturated heterocycles. The van der Waals surface area contributed by atoms with E-state index in [1.54, 1.807) is 11.3 Å². The third kappa shape index (κ3) is 2.77. The van der Waals surface area contributed by atoms with Gasteiger partial charge in [-0.1, -0.05) is 18.2 Å². The minimum Gasteiger partial charge on any atom is -0.398 e. The molecule has 2 rings (SSSR count). The minimum atomic E-state index is 0.816. The van der Waals surface area contributed by atoms with Gasteiger partial charge >= 0.3 is 0 Å². The maximum absolute atomic E-state index is 5.96. The molecule has 0 amide bonds. The number of nitrogens with zero attached hydrogens (tertiary/aromatic N) is 2. The fourth-order valence-electron chi connectivity index (χ4n) is 1.69. The highest BCUT2D eigenvalue weighted by Crippen LogP contribution is 2.23. The molecule has 17 heavy (non-hydrogen) atoms. The Bertz CT molecular complexity index is 493. The van der Waals surface area contributed by atoms with Crippen molar-refractivity contribution in [3.05, 3.63) is 40.9 Å². The van der Waals surface area contributed by atoms with Crippen molar-refractivity contribution in [2.45, 2.75) is 20.4 Å². The topological polar surface area (TPSA) is 42.1 Å². The van der Waals surface area contributed by atoms with E-state index in [9.17, 15) is 0 Å². The Hall–Kier alpha value is -1.55. The molecule has 0 bridgehead atoms. The molecule has 0 saturated carbocycles. The Morgan fingerprint density at radius 3 is 2.71 bits per heavy atom. The smallest absolute Gasteiger partial charge is 0.185 e. The van der Waals surface area contributed by atoms with Crippen LogP contribution < -0.4 is 10.6 Å². The second-order valence-corrected chi connectivity index (χ2v) is 4.82. The van der Waals surface area contributed by atoms with Gasteiger partial charge in [-0.05, 0) is 25.5 Å². The molecule has 90 valence electrons. The lowest BCUT2D eigenvalue weighted by Crippen LogP contribution is -2.22. The standard InChI is InChI=1S/C13H17N3S/c1-3-16(13-15-10(2)9-17-13)8-11-6-4-5-7-12(11)14/h4-7,9H,3,8,14H2,1-2H3. The number of para-hydroxylation sites is 1. The minimum absolute atomic E-state index is 0.816. The quantitative estimate of drug-likeness (QED) is 0.844. The van der Waals surface area contributed by atoms with Gasteiger partial charge in [0.25, 0.3) is 0 Å². The van der Waals surface area contributed by atoms with Gasteiger partial charge in [-0.2, -0.15) is 0 Å². The van der Waals surface area contributed by atoms with E-state index in [4.69, 9.17) is 5.73 Å². The van der Waals surface area contributed by atoms with Gasteiger partial charge in [0.2, 0.25) is 0 Å². The van der Waals surface area contributed by atoms with Crippen molar-refractivity contribution in [1.29, 1.82) is 0 Å². The Morgan fingerprint density at radius 2 is 2.12 bits per heavy atom. The van der Waals surface area contributed by atoms with E-state index < -0.39 is 0 Å². The lowest BCUT2D eigenvalue weighted by atomic mass is 10.2. The van der Waals surface area contributed by atoms with Gasteiger partial charge in [-0.25, -0.2) is 4.98 Å². The van der Waals surface area contributed by atoms with Crippen LogP contribution in [0.4, 0.5) is 10.8 Å². The molecule has 0 aliphatic carbocycles. The van der Waals surface area contributed by atoms with Crippen LogP contribution in [0.5, 0.6) is 0 Å². The van der Waals surface area contributed by atoms with Crippen LogP contribution in [0.15, 0.2) is 29.6 Å². The highest BCUT2D eigenvalue weighted by Gasteiger charge is 2.10. The van der Waals surface area contributed by atoms with Crippen molar-refractivity contribution < 1.29 is 0 Å². The largest absolute Gasteiger partial charge is 0.398 e. The first-order chi connectivity index (χ1) is 8.20. The third-order valence-electron chi connectivity index (χ3n) is 2.68. The molecule has 0 fully saturated rings. The van der Waals surface area contributed by atoms with Gasteiger partial charge in [0.05, 0.1) is 5.69 Å². The SMILES string of the molecule is CCN(Cc1ccccc1N)c1nc(C)cs1. The molecule has 0 aliphatic heterocycles. The zero-order valence-electron chi connectivity index (χ0n) is 10.2. The van der Waals surface area contributed by atoms with Gasteiger partial charge < -0.3 is 10.6 Å². The first kappa shape index (κ1) is 11.9. The fourth-order valence-corrected chi connectivity index (χ4v) is 2.55. The predicted octanol–water partition coefficient (Wildman–Crippen LogP) is 3.06. The number of aromatic nitrogens is 1. The van der Waals surface area contributed by atoms with Crippen molar-refractivity contribution in [3.63, 3.8) is 0 Å². The van der Waals surface area contributed by atoms with E-state index in [-0.39, 0.29) is 0 Å². The molecule has 0 aliphatic rings. The molecule has 2 N–H and O–H groups in total. The number of anilines is 2. The zero-order valence-corrected chi connectivity index (χ0v) is 11.0. The van der Waals surface area contributed by atoms with Crippen LogP contribution in [0.2, 0.25) is 0 Å². The summed E-state index contributed by atoms with van der Waals surface area (Å²) in [4.78, 5) is 6.75. The summed E-state index contributed by atoms with van der Waals surface area (Å²) in [7, 11) is 0. The molecular weight excluding hydrogens is 230 g/mol. The number of aryl methyl sites for hydroxylation is 1. The van der Waals surface area contributed by atoms with E-state index in [1.807, 2.05) is 25.1 Å². The Kier molecular flexibility index (Phi) is 3.64. The molecule has 3 nitrogen and oxygen atoms in total. The molecule has 1 aromatic carbocycles. The Balaban J connectivity index is 2.18. The monoisotopic (exact) mass is 247 g/mol. The van der Waals surface area contributed by atoms with Crippen LogP contribution in [0.3, 0.4) is 0 Å². The van der Waals surface area contributed by atoms with Gasteiger partial charge in [0.1, 0.15) is 0 Å². The predicted molar refractivity (Wildman–Crippen MR) is 74.4 cm³/mol. The van der Waals surface area contributed by atoms with Crippen molar-refractivity contribution in [1.82, 2.24) is 4.98 Å². The third-order valence-corrected chi connectivity index (χ3v) is 3.69. The van der Waals surface area contributed by atoms with Gasteiger partial charge in [0.15, 0.2) is 5.13 Å². The average molecular weight is 247 g/mol. The maximum Gasteiger partial charge on any atom is 0.185 e. The molecule has 2 aromatic rings. The number of nitrogen functional groups attached to an aromatic ring is 1. The van der Waals surface area contributed by atoms with E-state index in [0.29, 0.717) is 0 Å². The summed E-state index contributed by atoms with van der Waals surface area (Å²) >= 11 is 1.68. The lowest BCUT2D eigenvalue weighted by molar-refractivity contribution is 0.826. The summed E-state index contributed by atoms with van der Waals surface area (Å²) in [5.74, 6) is 0. The molecule has 4 heteroatoms. The summed E-state index contributed by atoms with van der Waals surface area (Å²) in [6.45, 7) is 5.90. The van der Waals surface area contributed by atoms with Gasteiger partial charge in [0, 0.05) is 24.2 Å². The molecule has 1 aromatic heterocycles. The van der Waals surface area contributed by atoms with E-state index in [1.165, 1.54) is 0 Å². The van der Waals surface area contributed by atoms with Crippen molar-refractivity contribution in [2.75, 3.05) is 17.2 Å². The van der Waals surface area contributed by atoms with E-state index in [0.717, 1.165) is 35.2 Å². The second-order valence-electron chi connectivity index (χ2n) is 3.98. The second kappa shape index (κ2) is 5.19. The summed E-state index contributed by atoms with van der Waals surface area (Å²) < 4.78 is 0. The zero-order chi connectivity index (χ0) is 12.3. The van der Waals surface area contributed by atoms with Crippen LogP contribution >= 0.6 is 11.3 Å². The number of rotatable bonds is 4. The van der Waals surface area contributed by atoms with Crippen LogP contribution in [-0.4, -0.2) is 11.5 Å². The van der Waals surface area contributed by atoms with Crippen LogP contribution in [0.1, 0.15) is 18.2 Å². The molecule has 1 heterocycles. The van der Waals surface area contributed by atoms with Crippen molar-refractivity contribution in [2.24, 2.45) is 0 Å². The summed E-state index contributed by atoms with van der Waals surface area (Å²) in [6.07, 6.45) is 0. The van der Waals surface area contributed by atoms with Crippen molar-refractivity contribution in [3.8, 4) is 0 Å². The van der Waals surface area contributed by atoms with Crippen LogP contribution in [-0.2, 0) is 6.54 Å². The highest BCUT2D eigenvalue weighted by atomic mass is 32.1. The van der Waals surface area contributed by atoms with E-state index in [2.05, 4.69) is 28.3 Å². The van der Waals surface area contributed by atoms with Gasteiger partial charge in [-0.3, -0.25) is 0 Å². The number of hydrogen-bond acceptors (Lipinski definition) is 4. The average Bonchev–Trinajstić information content (AvgIpc) is 2.75. The first-order valence-corrected chi connectivity index (χ1v) is 6.59. The summed E-state index contributed by atoms with van der Waals surface area (Å²) in [6, 6.07) is 7.99. The van der Waals surface area contributed by atoms with Gasteiger partial charge in [-0.15, -0.1) is 11.3 Å². The highest BCUT2D eigenvalue weighted by molar-refractivity contribution is 7.13. The molecule has 0 radical (unpaired) electrons. The number of thiazole rings is 1. The van der Waals surface area contributed by atoms with Crippen molar-refractivity contribution >= 4 is 22.2 Å².